The van der Waals surface area contributed by atoms with Gasteiger partial charge in [0.1, 0.15) is 0 Å². The zero-order valence-corrected chi connectivity index (χ0v) is 12.8. The van der Waals surface area contributed by atoms with Crippen LogP contribution in [0.4, 0.5) is 0 Å². The van der Waals surface area contributed by atoms with Gasteiger partial charge in [-0.15, -0.1) is 12.4 Å². The largest absolute Gasteiger partial charge is 0.351 e. The number of nitrogens with one attached hydrogen (secondary N) is 1. The summed E-state index contributed by atoms with van der Waals surface area (Å²) in [6.07, 6.45) is 1.55. The monoisotopic (exact) mass is 284 g/mol. The minimum absolute atomic E-state index is 0. The van der Waals surface area contributed by atoms with Crippen LogP contribution in [0.3, 0.4) is 0 Å². The number of carbonyl (C=O) groups is 1. The van der Waals surface area contributed by atoms with Crippen molar-refractivity contribution < 1.29 is 4.79 Å². The molecule has 4 heteroatoms. The van der Waals surface area contributed by atoms with E-state index in [0.29, 0.717) is 13.1 Å². The molecule has 19 heavy (non-hydrogen) atoms. The van der Waals surface area contributed by atoms with Crippen LogP contribution in [-0.4, -0.2) is 12.5 Å². The summed E-state index contributed by atoms with van der Waals surface area (Å²) in [7, 11) is 0. The molecule has 3 nitrogen and oxygen atoms in total. The van der Waals surface area contributed by atoms with Crippen LogP contribution < -0.4 is 11.1 Å². The second-order valence-electron chi connectivity index (χ2n) is 4.80. The summed E-state index contributed by atoms with van der Waals surface area (Å²) >= 11 is 0. The van der Waals surface area contributed by atoms with Crippen LogP contribution in [0.25, 0.3) is 0 Å². The van der Waals surface area contributed by atoms with Crippen LogP contribution in [0.5, 0.6) is 0 Å². The number of benzene rings is 1. The van der Waals surface area contributed by atoms with Crippen molar-refractivity contribution in [3.8, 4) is 0 Å². The maximum atomic E-state index is 12.3. The maximum Gasteiger partial charge on any atom is 0.227 e. The van der Waals surface area contributed by atoms with Crippen molar-refractivity contribution in [2.75, 3.05) is 6.54 Å². The van der Waals surface area contributed by atoms with Gasteiger partial charge in [-0.2, -0.15) is 0 Å². The van der Waals surface area contributed by atoms with E-state index in [2.05, 4.69) is 18.3 Å². The number of hydrogen-bond donors (Lipinski definition) is 2. The van der Waals surface area contributed by atoms with Crippen molar-refractivity contribution in [3.05, 3.63) is 35.4 Å². The van der Waals surface area contributed by atoms with Gasteiger partial charge in [-0.3, -0.25) is 4.79 Å². The summed E-state index contributed by atoms with van der Waals surface area (Å²) < 4.78 is 0. The molecule has 0 aliphatic rings. The highest BCUT2D eigenvalue weighted by atomic mass is 35.5. The molecule has 0 bridgehead atoms. The molecule has 1 aromatic carbocycles. The van der Waals surface area contributed by atoms with Crippen molar-refractivity contribution in [3.63, 3.8) is 0 Å². The van der Waals surface area contributed by atoms with Crippen molar-refractivity contribution in [2.24, 2.45) is 11.1 Å². The Labute approximate surface area is 122 Å². The fourth-order valence-corrected chi connectivity index (χ4v) is 2.12. The Hall–Kier alpha value is -1.06. The molecule has 1 amide bonds. The van der Waals surface area contributed by atoms with Gasteiger partial charge in [-0.1, -0.05) is 38.1 Å². The van der Waals surface area contributed by atoms with Crippen LogP contribution in [0.1, 0.15) is 37.8 Å². The molecule has 0 aliphatic heterocycles. The number of carbonyl (C=O) groups excluding carboxylic acids is 1. The van der Waals surface area contributed by atoms with Crippen LogP contribution in [0.15, 0.2) is 24.3 Å². The summed E-state index contributed by atoms with van der Waals surface area (Å²) in [5, 5.41) is 3.01. The first-order valence-electron chi connectivity index (χ1n) is 6.62. The average Bonchev–Trinajstić information content (AvgIpc) is 2.40. The molecule has 0 unspecified atom stereocenters. The van der Waals surface area contributed by atoms with Gasteiger partial charge in [0.25, 0.3) is 0 Å². The van der Waals surface area contributed by atoms with Gasteiger partial charge in [0.05, 0.1) is 5.41 Å². The smallest absolute Gasteiger partial charge is 0.227 e. The third kappa shape index (κ3) is 4.22. The third-order valence-electron chi connectivity index (χ3n) is 3.93. The molecule has 3 N–H and O–H groups in total. The molecule has 0 heterocycles. The predicted octanol–water partition coefficient (Wildman–Crippen LogP) is 2.80. The van der Waals surface area contributed by atoms with E-state index in [1.165, 1.54) is 5.56 Å². The first-order chi connectivity index (χ1) is 8.59. The summed E-state index contributed by atoms with van der Waals surface area (Å²) in [4.78, 5) is 12.3. The fraction of sp³-hybridized carbons (Fsp3) is 0.533. The average molecular weight is 285 g/mol. The molecule has 0 atom stereocenters. The van der Waals surface area contributed by atoms with E-state index in [9.17, 15) is 4.79 Å². The zero-order chi connectivity index (χ0) is 13.6. The van der Waals surface area contributed by atoms with Crippen LogP contribution in [0.2, 0.25) is 0 Å². The Morgan fingerprint density at radius 2 is 1.84 bits per heavy atom. The van der Waals surface area contributed by atoms with Gasteiger partial charge >= 0.3 is 0 Å². The molecule has 1 aromatic rings. The highest BCUT2D eigenvalue weighted by molar-refractivity contribution is 5.85. The summed E-state index contributed by atoms with van der Waals surface area (Å²) in [6.45, 7) is 7.07. The zero-order valence-electron chi connectivity index (χ0n) is 12.0. The van der Waals surface area contributed by atoms with Gasteiger partial charge in [0.15, 0.2) is 0 Å². The standard InChI is InChI=1S/C15H24N2O.ClH/c1-4-15(5-2,11-16)14(18)17-10-13-9-7-6-8-12(13)3;/h6-9H,4-5,10-11,16H2,1-3H3,(H,17,18);1H. The van der Waals surface area contributed by atoms with E-state index in [1.54, 1.807) is 0 Å². The number of hydrogen-bond acceptors (Lipinski definition) is 2. The van der Waals surface area contributed by atoms with E-state index in [0.717, 1.165) is 18.4 Å². The molecule has 0 saturated carbocycles. The Morgan fingerprint density at radius 1 is 1.26 bits per heavy atom. The normalized spacial score (nSPS) is 10.7. The van der Waals surface area contributed by atoms with Crippen LogP contribution in [0, 0.1) is 12.3 Å². The Balaban J connectivity index is 0.00000324. The SMILES string of the molecule is CCC(CC)(CN)C(=O)NCc1ccccc1C.Cl. The molecule has 0 aliphatic carbocycles. The lowest BCUT2D eigenvalue weighted by atomic mass is 9.81. The lowest BCUT2D eigenvalue weighted by Crippen LogP contribution is -2.45. The second kappa shape index (κ2) is 8.18. The lowest BCUT2D eigenvalue weighted by molar-refractivity contribution is -0.131. The first-order valence-corrected chi connectivity index (χ1v) is 6.62. The molecule has 0 saturated heterocycles. The molecular weight excluding hydrogens is 260 g/mol. The Kier molecular flexibility index (Phi) is 7.72. The van der Waals surface area contributed by atoms with Gasteiger partial charge < -0.3 is 11.1 Å². The van der Waals surface area contributed by atoms with E-state index in [4.69, 9.17) is 5.73 Å². The Morgan fingerprint density at radius 3 is 2.32 bits per heavy atom. The second-order valence-corrected chi connectivity index (χ2v) is 4.80. The van der Waals surface area contributed by atoms with Crippen LogP contribution in [-0.2, 0) is 11.3 Å². The minimum atomic E-state index is -0.414. The van der Waals surface area contributed by atoms with Crippen LogP contribution >= 0.6 is 12.4 Å². The summed E-state index contributed by atoms with van der Waals surface area (Å²) in [5.74, 6) is 0.0678. The van der Waals surface area contributed by atoms with Crippen molar-refractivity contribution >= 4 is 18.3 Å². The first kappa shape index (κ1) is 17.9. The predicted molar refractivity (Wildman–Crippen MR) is 82.3 cm³/mol. The quantitative estimate of drug-likeness (QED) is 0.844. The molecule has 0 radical (unpaired) electrons. The third-order valence-corrected chi connectivity index (χ3v) is 3.93. The highest BCUT2D eigenvalue weighted by Crippen LogP contribution is 2.25. The van der Waals surface area contributed by atoms with Gasteiger partial charge in [0.2, 0.25) is 5.91 Å². The number of amides is 1. The van der Waals surface area contributed by atoms with Gasteiger partial charge in [-0.25, -0.2) is 0 Å². The van der Waals surface area contributed by atoms with Gasteiger partial charge in [0, 0.05) is 13.1 Å². The summed E-state index contributed by atoms with van der Waals surface area (Å²) in [6, 6.07) is 8.09. The molecule has 0 spiro atoms. The molecular formula is C15H25ClN2O. The molecule has 1 rings (SSSR count). The van der Waals surface area contributed by atoms with Crippen molar-refractivity contribution in [2.45, 2.75) is 40.2 Å². The van der Waals surface area contributed by atoms with E-state index >= 15 is 0 Å². The number of rotatable bonds is 6. The number of aryl methyl sites for hydroxylation is 1. The highest BCUT2D eigenvalue weighted by Gasteiger charge is 2.32. The van der Waals surface area contributed by atoms with E-state index < -0.39 is 5.41 Å². The van der Waals surface area contributed by atoms with E-state index in [-0.39, 0.29) is 18.3 Å². The molecule has 0 fully saturated rings. The van der Waals surface area contributed by atoms with E-state index in [1.807, 2.05) is 32.0 Å². The molecule has 0 aromatic heterocycles. The summed E-state index contributed by atoms with van der Waals surface area (Å²) in [5.41, 5.74) is 7.71. The maximum absolute atomic E-state index is 12.3. The van der Waals surface area contributed by atoms with Gasteiger partial charge in [-0.05, 0) is 30.9 Å². The number of halogens is 1. The fourth-order valence-electron chi connectivity index (χ4n) is 2.12. The van der Waals surface area contributed by atoms with Crippen molar-refractivity contribution in [1.82, 2.24) is 5.32 Å². The Bertz CT molecular complexity index is 395. The van der Waals surface area contributed by atoms with Crippen molar-refractivity contribution in [1.29, 1.82) is 0 Å². The lowest BCUT2D eigenvalue weighted by Gasteiger charge is -2.28. The molecule has 108 valence electrons. The minimum Gasteiger partial charge on any atom is -0.351 e. The number of nitrogens with two attached hydrogens (primary N) is 1. The topological polar surface area (TPSA) is 55.1 Å².